The van der Waals surface area contributed by atoms with E-state index in [0.29, 0.717) is 17.9 Å². The molecule has 1 amide bonds. The molecule has 1 atom stereocenters. The predicted molar refractivity (Wildman–Crippen MR) is 95.8 cm³/mol. The summed E-state index contributed by atoms with van der Waals surface area (Å²) in [6, 6.07) is 4.65. The van der Waals surface area contributed by atoms with Gasteiger partial charge >= 0.3 is 0 Å². The van der Waals surface area contributed by atoms with Crippen LogP contribution in [0, 0.1) is 25.5 Å². The molecule has 1 N–H and O–H groups in total. The van der Waals surface area contributed by atoms with Crippen molar-refractivity contribution in [3.8, 4) is 5.75 Å². The van der Waals surface area contributed by atoms with Crippen molar-refractivity contribution in [1.82, 2.24) is 20.3 Å². The van der Waals surface area contributed by atoms with Crippen molar-refractivity contribution in [2.75, 3.05) is 0 Å². The SMILES string of the molecule is Cc1ccn(CC(C)NC(=O)c2noc(C)c2COc2ccc(F)cc2F)n1. The van der Waals surface area contributed by atoms with Gasteiger partial charge in [-0.05, 0) is 39.0 Å². The van der Waals surface area contributed by atoms with Crippen LogP contribution >= 0.6 is 0 Å². The molecule has 1 unspecified atom stereocenters. The highest BCUT2D eigenvalue weighted by atomic mass is 19.1. The van der Waals surface area contributed by atoms with Gasteiger partial charge in [-0.25, -0.2) is 8.78 Å². The van der Waals surface area contributed by atoms with Gasteiger partial charge in [0.05, 0.1) is 17.8 Å². The van der Waals surface area contributed by atoms with Crippen molar-refractivity contribution in [2.24, 2.45) is 0 Å². The van der Waals surface area contributed by atoms with Crippen LogP contribution in [0.15, 0.2) is 35.0 Å². The minimum absolute atomic E-state index is 0.0588. The largest absolute Gasteiger partial charge is 0.486 e. The van der Waals surface area contributed by atoms with E-state index in [4.69, 9.17) is 9.26 Å². The maximum Gasteiger partial charge on any atom is 0.274 e. The quantitative estimate of drug-likeness (QED) is 0.670. The van der Waals surface area contributed by atoms with Crippen LogP contribution in [0.25, 0.3) is 0 Å². The normalized spacial score (nSPS) is 12.0. The number of rotatable bonds is 7. The number of aryl methyl sites for hydroxylation is 2. The molecule has 148 valence electrons. The van der Waals surface area contributed by atoms with E-state index in [-0.39, 0.29) is 24.1 Å². The van der Waals surface area contributed by atoms with Gasteiger partial charge in [-0.1, -0.05) is 5.16 Å². The summed E-state index contributed by atoms with van der Waals surface area (Å²) in [6.07, 6.45) is 1.83. The molecule has 0 bridgehead atoms. The van der Waals surface area contributed by atoms with Crippen LogP contribution in [0.2, 0.25) is 0 Å². The predicted octanol–water partition coefficient (Wildman–Crippen LogP) is 3.16. The number of benzene rings is 1. The van der Waals surface area contributed by atoms with Crippen LogP contribution in [0.5, 0.6) is 5.75 Å². The smallest absolute Gasteiger partial charge is 0.274 e. The van der Waals surface area contributed by atoms with Crippen LogP contribution in [0.1, 0.15) is 34.4 Å². The van der Waals surface area contributed by atoms with Gasteiger partial charge in [0.25, 0.3) is 5.91 Å². The molecule has 3 rings (SSSR count). The number of halogens is 2. The fourth-order valence-electron chi connectivity index (χ4n) is 2.66. The summed E-state index contributed by atoms with van der Waals surface area (Å²) in [7, 11) is 0. The number of nitrogens with zero attached hydrogens (tertiary/aromatic N) is 3. The number of carbonyl (C=O) groups is 1. The summed E-state index contributed by atoms with van der Waals surface area (Å²) in [5.74, 6) is -1.72. The van der Waals surface area contributed by atoms with E-state index < -0.39 is 17.5 Å². The first kappa shape index (κ1) is 19.5. The Kier molecular flexibility index (Phi) is 5.72. The standard InChI is InChI=1S/C19H20F2N4O3/c1-11-6-7-25(23-11)9-12(2)22-19(26)18-15(13(3)28-24-18)10-27-17-5-4-14(20)8-16(17)21/h4-8,12H,9-10H2,1-3H3,(H,22,26). The van der Waals surface area contributed by atoms with Crippen LogP contribution in [-0.4, -0.2) is 26.9 Å². The van der Waals surface area contributed by atoms with Crippen molar-refractivity contribution in [2.45, 2.75) is 40.0 Å². The number of carbonyl (C=O) groups excluding carboxylic acids is 1. The summed E-state index contributed by atoms with van der Waals surface area (Å²) < 4.78 is 38.9. The third-order valence-electron chi connectivity index (χ3n) is 4.08. The summed E-state index contributed by atoms with van der Waals surface area (Å²) in [5.41, 5.74) is 1.34. The molecule has 0 saturated heterocycles. The molecule has 2 heterocycles. The molecule has 0 aliphatic carbocycles. The molecule has 0 radical (unpaired) electrons. The van der Waals surface area contributed by atoms with Crippen LogP contribution in [0.4, 0.5) is 8.78 Å². The maximum atomic E-state index is 13.7. The molecule has 28 heavy (non-hydrogen) atoms. The van der Waals surface area contributed by atoms with E-state index in [0.717, 1.165) is 17.8 Å². The lowest BCUT2D eigenvalue weighted by Crippen LogP contribution is -2.36. The second-order valence-corrected chi connectivity index (χ2v) is 6.48. The van der Waals surface area contributed by atoms with Gasteiger partial charge < -0.3 is 14.6 Å². The third kappa shape index (κ3) is 4.54. The van der Waals surface area contributed by atoms with Gasteiger partial charge in [0, 0.05) is 18.3 Å². The molecule has 9 heteroatoms. The minimum atomic E-state index is -0.830. The van der Waals surface area contributed by atoms with Gasteiger partial charge in [0.2, 0.25) is 0 Å². The lowest BCUT2D eigenvalue weighted by Gasteiger charge is -2.13. The Morgan fingerprint density at radius 1 is 1.32 bits per heavy atom. The third-order valence-corrected chi connectivity index (χ3v) is 4.08. The molecular weight excluding hydrogens is 370 g/mol. The average molecular weight is 390 g/mol. The Morgan fingerprint density at radius 2 is 2.11 bits per heavy atom. The zero-order chi connectivity index (χ0) is 20.3. The first-order chi connectivity index (χ1) is 13.3. The Hall–Kier alpha value is -3.23. The number of amides is 1. The molecular formula is C19H20F2N4O3. The summed E-state index contributed by atoms with van der Waals surface area (Å²) in [5, 5.41) is 10.9. The van der Waals surface area contributed by atoms with E-state index in [1.165, 1.54) is 6.07 Å². The second-order valence-electron chi connectivity index (χ2n) is 6.48. The van der Waals surface area contributed by atoms with E-state index in [9.17, 15) is 13.6 Å². The van der Waals surface area contributed by atoms with Crippen molar-refractivity contribution < 1.29 is 22.8 Å². The highest BCUT2D eigenvalue weighted by Crippen LogP contribution is 2.21. The molecule has 0 fully saturated rings. The van der Waals surface area contributed by atoms with E-state index in [1.54, 1.807) is 11.6 Å². The molecule has 1 aromatic carbocycles. The Labute approximate surface area is 160 Å². The van der Waals surface area contributed by atoms with Crippen molar-refractivity contribution in [3.63, 3.8) is 0 Å². The highest BCUT2D eigenvalue weighted by molar-refractivity contribution is 5.93. The number of hydrogen-bond acceptors (Lipinski definition) is 5. The van der Waals surface area contributed by atoms with Gasteiger partial charge in [-0.3, -0.25) is 9.48 Å². The molecule has 0 aliphatic rings. The van der Waals surface area contributed by atoms with E-state index in [2.05, 4.69) is 15.6 Å². The topological polar surface area (TPSA) is 82.2 Å². The van der Waals surface area contributed by atoms with Gasteiger partial charge in [-0.15, -0.1) is 0 Å². The Balaban J connectivity index is 1.66. The van der Waals surface area contributed by atoms with Crippen LogP contribution in [0.3, 0.4) is 0 Å². The van der Waals surface area contributed by atoms with Crippen LogP contribution < -0.4 is 10.1 Å². The zero-order valence-corrected chi connectivity index (χ0v) is 15.7. The van der Waals surface area contributed by atoms with Crippen LogP contribution in [-0.2, 0) is 13.2 Å². The zero-order valence-electron chi connectivity index (χ0n) is 15.7. The summed E-state index contributed by atoms with van der Waals surface area (Å²) >= 11 is 0. The van der Waals surface area contributed by atoms with Crippen molar-refractivity contribution >= 4 is 5.91 Å². The maximum absolute atomic E-state index is 13.7. The van der Waals surface area contributed by atoms with Gasteiger partial charge in [-0.2, -0.15) is 5.10 Å². The monoisotopic (exact) mass is 390 g/mol. The molecule has 2 aromatic heterocycles. The van der Waals surface area contributed by atoms with E-state index >= 15 is 0 Å². The molecule has 7 nitrogen and oxygen atoms in total. The van der Waals surface area contributed by atoms with Gasteiger partial charge in [0.1, 0.15) is 18.2 Å². The first-order valence-corrected chi connectivity index (χ1v) is 8.67. The Morgan fingerprint density at radius 3 is 2.79 bits per heavy atom. The first-order valence-electron chi connectivity index (χ1n) is 8.67. The fourth-order valence-corrected chi connectivity index (χ4v) is 2.66. The number of aromatic nitrogens is 3. The highest BCUT2D eigenvalue weighted by Gasteiger charge is 2.22. The van der Waals surface area contributed by atoms with Crippen molar-refractivity contribution in [1.29, 1.82) is 0 Å². The molecule has 0 spiro atoms. The second kappa shape index (κ2) is 8.20. The van der Waals surface area contributed by atoms with E-state index in [1.807, 2.05) is 26.1 Å². The molecule has 0 saturated carbocycles. The number of ether oxygens (including phenoxy) is 1. The Bertz CT molecular complexity index is 983. The average Bonchev–Trinajstić information content (AvgIpc) is 3.19. The summed E-state index contributed by atoms with van der Waals surface area (Å²) in [4.78, 5) is 12.6. The molecule has 3 aromatic rings. The minimum Gasteiger partial charge on any atom is -0.486 e. The number of hydrogen-bond donors (Lipinski definition) is 1. The lowest BCUT2D eigenvalue weighted by molar-refractivity contribution is 0.0924. The molecule has 0 aliphatic heterocycles. The fraction of sp³-hybridized carbons (Fsp3) is 0.316. The lowest BCUT2D eigenvalue weighted by atomic mass is 10.2. The van der Waals surface area contributed by atoms with Gasteiger partial charge in [0.15, 0.2) is 17.3 Å². The summed E-state index contributed by atoms with van der Waals surface area (Å²) in [6.45, 7) is 5.69. The number of nitrogens with one attached hydrogen (secondary N) is 1. The van der Waals surface area contributed by atoms with Crippen molar-refractivity contribution in [3.05, 3.63) is 64.8 Å².